The summed E-state index contributed by atoms with van der Waals surface area (Å²) >= 11 is 1.44. The predicted molar refractivity (Wildman–Crippen MR) is 97.2 cm³/mol. The smallest absolute Gasteiger partial charge is 0.226 e. The Labute approximate surface area is 158 Å². The van der Waals surface area contributed by atoms with Gasteiger partial charge in [0.05, 0.1) is 18.5 Å². The van der Waals surface area contributed by atoms with E-state index in [1.807, 2.05) is 24.3 Å². The van der Waals surface area contributed by atoms with E-state index in [0.29, 0.717) is 16.8 Å². The van der Waals surface area contributed by atoms with Crippen LogP contribution in [0.5, 0.6) is 5.75 Å². The van der Waals surface area contributed by atoms with Crippen molar-refractivity contribution >= 4 is 11.8 Å². The highest BCUT2D eigenvalue weighted by Gasteiger charge is 2.12. The van der Waals surface area contributed by atoms with Gasteiger partial charge in [0.25, 0.3) is 0 Å². The van der Waals surface area contributed by atoms with Gasteiger partial charge in [0.2, 0.25) is 11.0 Å². The molecule has 2 aromatic heterocycles. The third kappa shape index (κ3) is 3.82. The topological polar surface area (TPSA) is 78.9 Å². The summed E-state index contributed by atoms with van der Waals surface area (Å²) < 4.78 is 25.3. The maximum absolute atomic E-state index is 13.0. The van der Waals surface area contributed by atoms with Gasteiger partial charge in [-0.25, -0.2) is 9.37 Å². The average Bonchev–Trinajstić information content (AvgIpc) is 3.36. The van der Waals surface area contributed by atoms with Crippen molar-refractivity contribution in [2.24, 2.45) is 0 Å². The molecule has 0 saturated carbocycles. The molecule has 2 aromatic carbocycles. The van der Waals surface area contributed by atoms with Crippen LogP contribution in [0.25, 0.3) is 17.1 Å². The van der Waals surface area contributed by atoms with Crippen LogP contribution in [0.4, 0.5) is 4.39 Å². The molecule has 2 heterocycles. The fourth-order valence-corrected chi connectivity index (χ4v) is 3.16. The number of benzene rings is 2. The Kier molecular flexibility index (Phi) is 4.84. The van der Waals surface area contributed by atoms with Gasteiger partial charge in [-0.15, -0.1) is 5.10 Å². The molecule has 0 fully saturated rings. The van der Waals surface area contributed by atoms with Gasteiger partial charge in [0.15, 0.2) is 0 Å². The Morgan fingerprint density at radius 3 is 2.63 bits per heavy atom. The Balaban J connectivity index is 1.47. The van der Waals surface area contributed by atoms with Crippen molar-refractivity contribution in [3.8, 4) is 22.9 Å². The van der Waals surface area contributed by atoms with Gasteiger partial charge in [-0.1, -0.05) is 11.8 Å². The van der Waals surface area contributed by atoms with Crippen LogP contribution in [-0.4, -0.2) is 32.3 Å². The summed E-state index contributed by atoms with van der Waals surface area (Å²) in [7, 11) is 1.62. The first-order valence-electron chi connectivity index (χ1n) is 7.99. The van der Waals surface area contributed by atoms with Crippen molar-refractivity contribution in [2.45, 2.75) is 10.9 Å². The van der Waals surface area contributed by atoms with E-state index in [0.717, 1.165) is 22.7 Å². The first kappa shape index (κ1) is 17.2. The highest BCUT2D eigenvalue weighted by molar-refractivity contribution is 7.98. The van der Waals surface area contributed by atoms with E-state index in [9.17, 15) is 4.39 Å². The lowest BCUT2D eigenvalue weighted by Gasteiger charge is -2.04. The monoisotopic (exact) mass is 383 g/mol. The maximum atomic E-state index is 13.0. The lowest BCUT2D eigenvalue weighted by Crippen LogP contribution is -1.99. The molecule has 4 rings (SSSR count). The van der Waals surface area contributed by atoms with Crippen molar-refractivity contribution in [3.05, 3.63) is 66.3 Å². The van der Waals surface area contributed by atoms with Crippen molar-refractivity contribution in [1.29, 1.82) is 0 Å². The molecule has 0 N–H and O–H groups in total. The largest absolute Gasteiger partial charge is 0.497 e. The van der Waals surface area contributed by atoms with Crippen LogP contribution in [0.3, 0.4) is 0 Å². The third-order valence-electron chi connectivity index (χ3n) is 3.75. The Morgan fingerprint density at radius 1 is 1.11 bits per heavy atom. The molecule has 0 saturated heterocycles. The van der Waals surface area contributed by atoms with E-state index in [2.05, 4.69) is 20.5 Å². The fraction of sp³-hybridized carbons (Fsp3) is 0.111. The number of rotatable bonds is 6. The fourth-order valence-electron chi connectivity index (χ4n) is 2.39. The molecule has 0 unspecified atom stereocenters. The van der Waals surface area contributed by atoms with Gasteiger partial charge in [-0.05, 0) is 59.0 Å². The second kappa shape index (κ2) is 7.58. The molecule has 0 aliphatic heterocycles. The molecule has 0 bridgehead atoms. The minimum atomic E-state index is -0.300. The molecule has 0 aliphatic rings. The maximum Gasteiger partial charge on any atom is 0.226 e. The van der Waals surface area contributed by atoms with Crippen molar-refractivity contribution < 1.29 is 13.5 Å². The Hall–Kier alpha value is -3.20. The number of oxazole rings is 1. The third-order valence-corrected chi connectivity index (χ3v) is 4.70. The standard InChI is InChI=1S/C18H14FN5O2S/c1-25-16-8-6-15(7-9-16)24-18(21-22-23-24)27-11-14-10-26-17(20-14)12-2-4-13(19)5-3-12/h2-10H,11H2,1H3. The van der Waals surface area contributed by atoms with E-state index < -0.39 is 0 Å². The van der Waals surface area contributed by atoms with Gasteiger partial charge in [-0.3, -0.25) is 0 Å². The lowest BCUT2D eigenvalue weighted by atomic mass is 10.2. The molecule has 0 spiro atoms. The predicted octanol–water partition coefficient (Wildman–Crippen LogP) is 3.76. The van der Waals surface area contributed by atoms with Crippen LogP contribution in [0.15, 0.2) is 64.4 Å². The van der Waals surface area contributed by atoms with E-state index in [1.165, 1.54) is 23.9 Å². The van der Waals surface area contributed by atoms with Gasteiger partial charge >= 0.3 is 0 Å². The summed E-state index contributed by atoms with van der Waals surface area (Å²) in [4.78, 5) is 4.43. The minimum absolute atomic E-state index is 0.300. The highest BCUT2D eigenvalue weighted by atomic mass is 32.2. The second-order valence-corrected chi connectivity index (χ2v) is 6.45. The molecule has 0 atom stereocenters. The molecule has 27 heavy (non-hydrogen) atoms. The summed E-state index contributed by atoms with van der Waals surface area (Å²) in [5.74, 6) is 1.44. The zero-order valence-corrected chi connectivity index (χ0v) is 15.1. The first-order chi connectivity index (χ1) is 13.2. The number of hydrogen-bond donors (Lipinski definition) is 0. The van der Waals surface area contributed by atoms with Crippen LogP contribution >= 0.6 is 11.8 Å². The molecule has 0 amide bonds. The number of ether oxygens (including phenoxy) is 1. The molecule has 7 nitrogen and oxygen atoms in total. The Morgan fingerprint density at radius 2 is 1.89 bits per heavy atom. The van der Waals surface area contributed by atoms with E-state index in [-0.39, 0.29) is 5.82 Å². The van der Waals surface area contributed by atoms with Crippen molar-refractivity contribution in [1.82, 2.24) is 25.2 Å². The number of nitrogens with zero attached hydrogens (tertiary/aromatic N) is 5. The van der Waals surface area contributed by atoms with Crippen LogP contribution in [0, 0.1) is 5.82 Å². The number of aromatic nitrogens is 5. The van der Waals surface area contributed by atoms with Crippen LogP contribution < -0.4 is 4.74 Å². The molecule has 0 aliphatic carbocycles. The number of methoxy groups -OCH3 is 1. The number of thioether (sulfide) groups is 1. The van der Waals surface area contributed by atoms with Gasteiger partial charge in [0, 0.05) is 11.3 Å². The van der Waals surface area contributed by atoms with Crippen LogP contribution in [-0.2, 0) is 5.75 Å². The zero-order valence-electron chi connectivity index (χ0n) is 14.2. The summed E-state index contributed by atoms with van der Waals surface area (Å²) in [5, 5.41) is 12.5. The lowest BCUT2D eigenvalue weighted by molar-refractivity contribution is 0.414. The zero-order chi connectivity index (χ0) is 18.6. The molecule has 4 aromatic rings. The summed E-state index contributed by atoms with van der Waals surface area (Å²) in [6.07, 6.45) is 1.58. The average molecular weight is 383 g/mol. The van der Waals surface area contributed by atoms with Crippen molar-refractivity contribution in [2.75, 3.05) is 7.11 Å². The molecular weight excluding hydrogens is 369 g/mol. The van der Waals surface area contributed by atoms with E-state index in [1.54, 1.807) is 30.2 Å². The Bertz CT molecular complexity index is 1030. The molecular formula is C18H14FN5O2S. The number of hydrogen-bond acceptors (Lipinski definition) is 7. The summed E-state index contributed by atoms with van der Waals surface area (Å²) in [5.41, 5.74) is 2.29. The second-order valence-electron chi connectivity index (χ2n) is 5.51. The molecule has 9 heteroatoms. The normalized spacial score (nSPS) is 10.9. The summed E-state index contributed by atoms with van der Waals surface area (Å²) in [6.45, 7) is 0. The van der Waals surface area contributed by atoms with E-state index >= 15 is 0 Å². The van der Waals surface area contributed by atoms with Crippen LogP contribution in [0.1, 0.15) is 5.69 Å². The number of halogens is 1. The number of tetrazole rings is 1. The van der Waals surface area contributed by atoms with Gasteiger partial charge in [-0.2, -0.15) is 4.68 Å². The molecule has 0 radical (unpaired) electrons. The molecule has 136 valence electrons. The highest BCUT2D eigenvalue weighted by Crippen LogP contribution is 2.25. The van der Waals surface area contributed by atoms with Gasteiger partial charge in [0.1, 0.15) is 17.8 Å². The van der Waals surface area contributed by atoms with Crippen molar-refractivity contribution in [3.63, 3.8) is 0 Å². The SMILES string of the molecule is COc1ccc(-n2nnnc2SCc2coc(-c3ccc(F)cc3)n2)cc1. The van der Waals surface area contributed by atoms with E-state index in [4.69, 9.17) is 9.15 Å². The van der Waals surface area contributed by atoms with Gasteiger partial charge < -0.3 is 9.15 Å². The minimum Gasteiger partial charge on any atom is -0.497 e. The first-order valence-corrected chi connectivity index (χ1v) is 8.97. The quantitative estimate of drug-likeness (QED) is 0.469. The van der Waals surface area contributed by atoms with Crippen LogP contribution in [0.2, 0.25) is 0 Å². The summed E-state index contributed by atoms with van der Waals surface area (Å²) in [6, 6.07) is 13.4.